The fourth-order valence-corrected chi connectivity index (χ4v) is 2.91. The SMILES string of the molecule is C[C@@H]1CO[C@@H](c2ccccc2)[C@@H](C)N1CCCC(=O)O. The highest BCUT2D eigenvalue weighted by Crippen LogP contribution is 2.30. The highest BCUT2D eigenvalue weighted by molar-refractivity contribution is 5.66. The van der Waals surface area contributed by atoms with E-state index in [-0.39, 0.29) is 18.6 Å². The van der Waals surface area contributed by atoms with Crippen molar-refractivity contribution in [2.75, 3.05) is 13.2 Å². The van der Waals surface area contributed by atoms with Gasteiger partial charge < -0.3 is 9.84 Å². The Morgan fingerprint density at radius 1 is 1.35 bits per heavy atom. The molecule has 0 spiro atoms. The van der Waals surface area contributed by atoms with Gasteiger partial charge in [-0.1, -0.05) is 30.3 Å². The van der Waals surface area contributed by atoms with Crippen LogP contribution in [0.5, 0.6) is 0 Å². The summed E-state index contributed by atoms with van der Waals surface area (Å²) in [7, 11) is 0. The molecule has 0 bridgehead atoms. The molecule has 1 saturated heterocycles. The van der Waals surface area contributed by atoms with E-state index in [0.29, 0.717) is 19.1 Å². The average Bonchev–Trinajstić information content (AvgIpc) is 2.43. The van der Waals surface area contributed by atoms with Crippen molar-refractivity contribution in [3.63, 3.8) is 0 Å². The van der Waals surface area contributed by atoms with Gasteiger partial charge in [-0.3, -0.25) is 9.69 Å². The Balaban J connectivity index is 2.02. The number of nitrogens with zero attached hydrogens (tertiary/aromatic N) is 1. The van der Waals surface area contributed by atoms with E-state index >= 15 is 0 Å². The molecule has 4 nitrogen and oxygen atoms in total. The van der Waals surface area contributed by atoms with Gasteiger partial charge >= 0.3 is 5.97 Å². The molecule has 0 radical (unpaired) electrons. The summed E-state index contributed by atoms with van der Waals surface area (Å²) in [6.45, 7) is 5.80. The second-order valence-electron chi connectivity index (χ2n) is 5.49. The molecule has 1 heterocycles. The summed E-state index contributed by atoms with van der Waals surface area (Å²) in [5.74, 6) is -0.724. The summed E-state index contributed by atoms with van der Waals surface area (Å²) in [6.07, 6.45) is 0.982. The third kappa shape index (κ3) is 3.58. The minimum absolute atomic E-state index is 0.0669. The first kappa shape index (κ1) is 15.0. The summed E-state index contributed by atoms with van der Waals surface area (Å²) >= 11 is 0. The van der Waals surface area contributed by atoms with E-state index in [1.807, 2.05) is 18.2 Å². The average molecular weight is 277 g/mol. The predicted molar refractivity (Wildman–Crippen MR) is 77.6 cm³/mol. The van der Waals surface area contributed by atoms with Gasteiger partial charge in [0.1, 0.15) is 0 Å². The number of morpholine rings is 1. The standard InChI is InChI=1S/C16H23NO3/c1-12-11-20-16(14-7-4-3-5-8-14)13(2)17(12)10-6-9-15(18)19/h3-5,7-8,12-13,16H,6,9-11H2,1-2H3,(H,18,19)/t12-,13-,16-/m1/s1. The van der Waals surface area contributed by atoms with Crippen LogP contribution in [0.1, 0.15) is 38.4 Å². The fraction of sp³-hybridized carbons (Fsp3) is 0.562. The van der Waals surface area contributed by atoms with Crippen LogP contribution in [0.3, 0.4) is 0 Å². The Hall–Kier alpha value is -1.39. The molecule has 110 valence electrons. The number of benzene rings is 1. The fourth-order valence-electron chi connectivity index (χ4n) is 2.91. The minimum Gasteiger partial charge on any atom is -0.481 e. The van der Waals surface area contributed by atoms with Crippen LogP contribution in [0.15, 0.2) is 30.3 Å². The largest absolute Gasteiger partial charge is 0.481 e. The molecule has 1 aromatic rings. The molecule has 1 N–H and O–H groups in total. The molecule has 0 aromatic heterocycles. The number of rotatable bonds is 5. The molecule has 0 aliphatic carbocycles. The van der Waals surface area contributed by atoms with Crippen LogP contribution in [0, 0.1) is 0 Å². The Labute approximate surface area is 120 Å². The van der Waals surface area contributed by atoms with E-state index in [1.54, 1.807) is 0 Å². The topological polar surface area (TPSA) is 49.8 Å². The van der Waals surface area contributed by atoms with Crippen molar-refractivity contribution in [1.29, 1.82) is 0 Å². The Morgan fingerprint density at radius 3 is 2.70 bits per heavy atom. The van der Waals surface area contributed by atoms with Crippen LogP contribution in [0.2, 0.25) is 0 Å². The summed E-state index contributed by atoms with van der Waals surface area (Å²) in [4.78, 5) is 13.0. The van der Waals surface area contributed by atoms with Crippen molar-refractivity contribution < 1.29 is 14.6 Å². The first-order valence-electron chi connectivity index (χ1n) is 7.23. The van der Waals surface area contributed by atoms with Crippen LogP contribution in [-0.2, 0) is 9.53 Å². The third-order valence-electron chi connectivity index (χ3n) is 3.98. The number of carbonyl (C=O) groups is 1. The summed E-state index contributed by atoms with van der Waals surface area (Å²) in [5.41, 5.74) is 1.19. The van der Waals surface area contributed by atoms with Crippen molar-refractivity contribution in [2.45, 2.75) is 44.9 Å². The number of hydrogen-bond donors (Lipinski definition) is 1. The van der Waals surface area contributed by atoms with Crippen LogP contribution in [0.25, 0.3) is 0 Å². The normalized spacial score (nSPS) is 27.4. The molecule has 3 atom stereocenters. The summed E-state index contributed by atoms with van der Waals surface area (Å²) in [5, 5.41) is 8.76. The van der Waals surface area contributed by atoms with E-state index < -0.39 is 5.97 Å². The highest BCUT2D eigenvalue weighted by atomic mass is 16.5. The van der Waals surface area contributed by atoms with Gasteiger partial charge in [-0.25, -0.2) is 0 Å². The lowest BCUT2D eigenvalue weighted by Crippen LogP contribution is -2.51. The quantitative estimate of drug-likeness (QED) is 0.899. The molecule has 1 fully saturated rings. The van der Waals surface area contributed by atoms with Crippen molar-refractivity contribution in [3.8, 4) is 0 Å². The van der Waals surface area contributed by atoms with Gasteiger partial charge in [-0.05, 0) is 32.4 Å². The highest BCUT2D eigenvalue weighted by Gasteiger charge is 2.33. The molecule has 4 heteroatoms. The first-order valence-corrected chi connectivity index (χ1v) is 7.23. The molecule has 0 saturated carbocycles. The molecule has 2 rings (SSSR count). The molecular formula is C16H23NO3. The molecule has 1 aromatic carbocycles. The maximum absolute atomic E-state index is 10.6. The van der Waals surface area contributed by atoms with Gasteiger partial charge in [0.2, 0.25) is 0 Å². The van der Waals surface area contributed by atoms with Crippen molar-refractivity contribution in [3.05, 3.63) is 35.9 Å². The van der Waals surface area contributed by atoms with E-state index in [4.69, 9.17) is 9.84 Å². The molecule has 1 aliphatic heterocycles. The number of hydrogen-bond acceptors (Lipinski definition) is 3. The maximum Gasteiger partial charge on any atom is 0.303 e. The van der Waals surface area contributed by atoms with E-state index in [1.165, 1.54) is 5.56 Å². The van der Waals surface area contributed by atoms with Gasteiger partial charge in [0, 0.05) is 18.5 Å². The van der Waals surface area contributed by atoms with Crippen LogP contribution < -0.4 is 0 Å². The van der Waals surface area contributed by atoms with Gasteiger partial charge in [0.15, 0.2) is 0 Å². The van der Waals surface area contributed by atoms with Gasteiger partial charge in [-0.2, -0.15) is 0 Å². The molecule has 20 heavy (non-hydrogen) atoms. The van der Waals surface area contributed by atoms with Crippen LogP contribution in [-0.4, -0.2) is 41.2 Å². The smallest absolute Gasteiger partial charge is 0.303 e. The summed E-state index contributed by atoms with van der Waals surface area (Å²) in [6, 6.07) is 10.8. The Kier molecular flexibility index (Phi) is 5.15. The molecular weight excluding hydrogens is 254 g/mol. The van der Waals surface area contributed by atoms with Crippen LogP contribution in [0.4, 0.5) is 0 Å². The van der Waals surface area contributed by atoms with E-state index in [0.717, 1.165) is 6.54 Å². The second kappa shape index (κ2) is 6.86. The molecule has 0 amide bonds. The van der Waals surface area contributed by atoms with Gasteiger partial charge in [0.25, 0.3) is 0 Å². The zero-order valence-corrected chi connectivity index (χ0v) is 12.2. The number of ether oxygens (including phenoxy) is 1. The zero-order valence-electron chi connectivity index (χ0n) is 12.2. The maximum atomic E-state index is 10.6. The third-order valence-corrected chi connectivity index (χ3v) is 3.98. The lowest BCUT2D eigenvalue weighted by Gasteiger charge is -2.43. The molecule has 1 aliphatic rings. The van der Waals surface area contributed by atoms with Gasteiger partial charge in [-0.15, -0.1) is 0 Å². The molecule has 0 unspecified atom stereocenters. The minimum atomic E-state index is -0.724. The number of carboxylic acids is 1. The van der Waals surface area contributed by atoms with E-state index in [2.05, 4.69) is 30.9 Å². The zero-order chi connectivity index (χ0) is 14.5. The van der Waals surface area contributed by atoms with Crippen molar-refractivity contribution >= 4 is 5.97 Å². The lowest BCUT2D eigenvalue weighted by atomic mass is 9.98. The second-order valence-corrected chi connectivity index (χ2v) is 5.49. The number of carboxylic acid groups (broad SMARTS) is 1. The van der Waals surface area contributed by atoms with Crippen molar-refractivity contribution in [1.82, 2.24) is 4.90 Å². The van der Waals surface area contributed by atoms with Crippen LogP contribution >= 0.6 is 0 Å². The Morgan fingerprint density at radius 2 is 2.05 bits per heavy atom. The Bertz CT molecular complexity index is 435. The van der Waals surface area contributed by atoms with Gasteiger partial charge in [0.05, 0.1) is 12.7 Å². The number of aliphatic carboxylic acids is 1. The first-order chi connectivity index (χ1) is 9.59. The monoisotopic (exact) mass is 277 g/mol. The summed E-state index contributed by atoms with van der Waals surface area (Å²) < 4.78 is 5.99. The predicted octanol–water partition coefficient (Wildman–Crippen LogP) is 2.70. The van der Waals surface area contributed by atoms with E-state index in [9.17, 15) is 4.79 Å². The van der Waals surface area contributed by atoms with Crippen molar-refractivity contribution in [2.24, 2.45) is 0 Å². The lowest BCUT2D eigenvalue weighted by molar-refractivity contribution is -0.137.